The van der Waals surface area contributed by atoms with Gasteiger partial charge in [0, 0.05) is 17.4 Å². The second-order valence-electron chi connectivity index (χ2n) is 5.33. The lowest BCUT2D eigenvalue weighted by Crippen LogP contribution is -2.03. The maximum Gasteiger partial charge on any atom is 0.338 e. The number of nitrogens with one attached hydrogen (secondary N) is 1. The molecule has 0 bridgehead atoms. The minimum Gasteiger partial charge on any atom is -0.429 e. The molecule has 0 radical (unpaired) electrons. The second kappa shape index (κ2) is 6.13. The van der Waals surface area contributed by atoms with E-state index < -0.39 is 7.52 Å². The lowest BCUT2D eigenvalue weighted by atomic mass is 10.1. The third kappa shape index (κ3) is 4.52. The van der Waals surface area contributed by atoms with E-state index in [1.165, 1.54) is 0 Å². The fourth-order valence-corrected chi connectivity index (χ4v) is 3.55. The van der Waals surface area contributed by atoms with E-state index in [0.717, 1.165) is 22.4 Å². The molecule has 21 heavy (non-hydrogen) atoms. The van der Waals surface area contributed by atoms with Crippen LogP contribution in [0.1, 0.15) is 16.7 Å². The van der Waals surface area contributed by atoms with Crippen LogP contribution in [-0.4, -0.2) is 6.66 Å². The van der Waals surface area contributed by atoms with Gasteiger partial charge in [0.2, 0.25) is 0 Å². The number of aryl methyl sites for hydroxylation is 3. The van der Waals surface area contributed by atoms with E-state index in [0.29, 0.717) is 10.8 Å². The molecule has 1 N–H and O–H groups in total. The van der Waals surface area contributed by atoms with Crippen molar-refractivity contribution in [2.75, 3.05) is 11.8 Å². The smallest absolute Gasteiger partial charge is 0.338 e. The molecule has 0 fully saturated rings. The van der Waals surface area contributed by atoms with Crippen LogP contribution >= 0.6 is 19.1 Å². The largest absolute Gasteiger partial charge is 0.429 e. The van der Waals surface area contributed by atoms with Gasteiger partial charge in [-0.1, -0.05) is 23.7 Å². The second-order valence-corrected chi connectivity index (χ2v) is 7.87. The Morgan fingerprint density at radius 3 is 2.29 bits per heavy atom. The number of benzene rings is 2. The Balaban J connectivity index is 2.22. The lowest BCUT2D eigenvalue weighted by Gasteiger charge is -2.19. The van der Waals surface area contributed by atoms with E-state index in [4.69, 9.17) is 16.1 Å². The van der Waals surface area contributed by atoms with Gasteiger partial charge in [-0.3, -0.25) is 4.57 Å². The van der Waals surface area contributed by atoms with Crippen LogP contribution in [0, 0.1) is 20.8 Å². The monoisotopic (exact) mass is 323 g/mol. The van der Waals surface area contributed by atoms with Crippen LogP contribution in [0.2, 0.25) is 5.02 Å². The van der Waals surface area contributed by atoms with Crippen molar-refractivity contribution in [2.24, 2.45) is 0 Å². The third-order valence-electron chi connectivity index (χ3n) is 3.00. The summed E-state index contributed by atoms with van der Waals surface area (Å²) in [5.74, 6) is 0.602. The van der Waals surface area contributed by atoms with Crippen LogP contribution in [0.3, 0.4) is 0 Å². The van der Waals surface area contributed by atoms with Gasteiger partial charge in [0.1, 0.15) is 5.75 Å². The van der Waals surface area contributed by atoms with Crippen molar-refractivity contribution in [1.82, 2.24) is 0 Å². The van der Waals surface area contributed by atoms with Gasteiger partial charge in [0.25, 0.3) is 0 Å². The molecular formula is C16H19ClNO2P. The topological polar surface area (TPSA) is 38.3 Å². The van der Waals surface area contributed by atoms with E-state index in [1.807, 2.05) is 45.0 Å². The van der Waals surface area contributed by atoms with E-state index in [2.05, 4.69) is 5.09 Å². The Morgan fingerprint density at radius 1 is 1.05 bits per heavy atom. The van der Waals surface area contributed by atoms with Crippen LogP contribution in [0.25, 0.3) is 0 Å². The van der Waals surface area contributed by atoms with Crippen molar-refractivity contribution in [3.05, 3.63) is 58.1 Å². The highest BCUT2D eigenvalue weighted by atomic mass is 35.5. The normalized spacial score (nSPS) is 13.6. The number of halogens is 1. The van der Waals surface area contributed by atoms with Crippen molar-refractivity contribution in [1.29, 1.82) is 0 Å². The summed E-state index contributed by atoms with van der Waals surface area (Å²) in [5.41, 5.74) is 3.83. The molecule has 112 valence electrons. The summed E-state index contributed by atoms with van der Waals surface area (Å²) in [6.07, 6.45) is 0. The van der Waals surface area contributed by atoms with E-state index in [1.54, 1.807) is 18.8 Å². The molecule has 0 amide bonds. The molecule has 3 nitrogen and oxygen atoms in total. The minimum atomic E-state index is -3.03. The summed E-state index contributed by atoms with van der Waals surface area (Å²) in [4.78, 5) is 0. The molecule has 5 heteroatoms. The summed E-state index contributed by atoms with van der Waals surface area (Å²) < 4.78 is 18.3. The van der Waals surface area contributed by atoms with Crippen molar-refractivity contribution in [2.45, 2.75) is 20.8 Å². The Hall–Kier alpha value is -1.44. The van der Waals surface area contributed by atoms with Crippen LogP contribution < -0.4 is 9.61 Å². The lowest BCUT2D eigenvalue weighted by molar-refractivity contribution is 0.493. The van der Waals surface area contributed by atoms with Crippen LogP contribution in [0.15, 0.2) is 36.4 Å². The Labute approximate surface area is 130 Å². The molecule has 0 heterocycles. The molecule has 0 saturated heterocycles. The molecule has 2 rings (SSSR count). The average Bonchev–Trinajstić information content (AvgIpc) is 2.31. The van der Waals surface area contributed by atoms with E-state index >= 15 is 0 Å². The molecule has 1 atom stereocenters. The first kappa shape index (κ1) is 15.9. The fourth-order valence-electron chi connectivity index (χ4n) is 2.14. The highest BCUT2D eigenvalue weighted by Gasteiger charge is 2.19. The van der Waals surface area contributed by atoms with Crippen LogP contribution in [-0.2, 0) is 4.57 Å². The van der Waals surface area contributed by atoms with Crippen LogP contribution in [0.4, 0.5) is 5.69 Å². The third-order valence-corrected chi connectivity index (χ3v) is 4.44. The van der Waals surface area contributed by atoms with E-state index in [9.17, 15) is 4.57 Å². The molecule has 0 unspecified atom stereocenters. The maximum atomic E-state index is 12.7. The van der Waals surface area contributed by atoms with Crippen molar-refractivity contribution >= 4 is 24.8 Å². The highest BCUT2D eigenvalue weighted by molar-refractivity contribution is 7.60. The van der Waals surface area contributed by atoms with Crippen molar-refractivity contribution in [3.8, 4) is 5.75 Å². The molecule has 0 aliphatic carbocycles. The first-order valence-electron chi connectivity index (χ1n) is 6.65. The van der Waals surface area contributed by atoms with Crippen molar-refractivity contribution < 1.29 is 9.09 Å². The molecule has 0 aliphatic rings. The first-order chi connectivity index (χ1) is 9.75. The number of hydrogen-bond donors (Lipinski definition) is 1. The van der Waals surface area contributed by atoms with Crippen LogP contribution in [0.5, 0.6) is 5.75 Å². The maximum absolute atomic E-state index is 12.7. The van der Waals surface area contributed by atoms with Gasteiger partial charge >= 0.3 is 7.52 Å². The first-order valence-corrected chi connectivity index (χ1v) is 9.10. The van der Waals surface area contributed by atoms with Gasteiger partial charge < -0.3 is 9.61 Å². The number of rotatable bonds is 4. The Kier molecular flexibility index (Phi) is 4.65. The average molecular weight is 324 g/mol. The molecule has 2 aromatic carbocycles. The van der Waals surface area contributed by atoms with Gasteiger partial charge in [-0.15, -0.1) is 0 Å². The van der Waals surface area contributed by atoms with Gasteiger partial charge in [-0.25, -0.2) is 0 Å². The highest BCUT2D eigenvalue weighted by Crippen LogP contribution is 2.44. The molecule has 0 spiro atoms. The van der Waals surface area contributed by atoms with Gasteiger partial charge in [-0.2, -0.15) is 0 Å². The fraction of sp³-hybridized carbons (Fsp3) is 0.250. The molecule has 2 aromatic rings. The molecule has 0 saturated carbocycles. The molecular weight excluding hydrogens is 305 g/mol. The summed E-state index contributed by atoms with van der Waals surface area (Å²) >= 11 is 5.98. The quantitative estimate of drug-likeness (QED) is 0.746. The minimum absolute atomic E-state index is 0.592. The van der Waals surface area contributed by atoms with Gasteiger partial charge in [-0.05, 0) is 61.7 Å². The Bertz CT molecular complexity index is 695. The number of hydrogen-bond acceptors (Lipinski definition) is 2. The summed E-state index contributed by atoms with van der Waals surface area (Å²) in [6.45, 7) is 7.45. The van der Waals surface area contributed by atoms with E-state index in [-0.39, 0.29) is 0 Å². The SMILES string of the molecule is Cc1cc(C)cc(O[P@@](C)(=O)Nc2cc(Cl)ccc2C)c1. The summed E-state index contributed by atoms with van der Waals surface area (Å²) in [5, 5.41) is 3.56. The Morgan fingerprint density at radius 2 is 1.67 bits per heavy atom. The molecule has 0 aliphatic heterocycles. The summed E-state index contributed by atoms with van der Waals surface area (Å²) in [6, 6.07) is 11.2. The zero-order valence-corrected chi connectivity index (χ0v) is 14.3. The zero-order chi connectivity index (χ0) is 15.6. The zero-order valence-electron chi connectivity index (χ0n) is 12.6. The number of anilines is 1. The summed E-state index contributed by atoms with van der Waals surface area (Å²) in [7, 11) is -3.03. The van der Waals surface area contributed by atoms with Gasteiger partial charge in [0.05, 0.1) is 0 Å². The predicted molar refractivity (Wildman–Crippen MR) is 89.9 cm³/mol. The predicted octanol–water partition coefficient (Wildman–Crippen LogP) is 5.58. The van der Waals surface area contributed by atoms with Gasteiger partial charge in [0.15, 0.2) is 0 Å². The molecule has 0 aromatic heterocycles. The van der Waals surface area contributed by atoms with Crippen molar-refractivity contribution in [3.63, 3.8) is 0 Å². The standard InChI is InChI=1S/C16H19ClNO2P/c1-11-7-12(2)9-15(8-11)20-21(4,19)18-16-10-14(17)6-5-13(16)3/h5-10H,1-4H3,(H,18,19)/t21-/m1/s1.